The van der Waals surface area contributed by atoms with Crippen molar-refractivity contribution >= 4 is 15.7 Å². The van der Waals surface area contributed by atoms with Crippen molar-refractivity contribution in [3.8, 4) is 12.3 Å². The van der Waals surface area contributed by atoms with Crippen molar-refractivity contribution in [2.75, 3.05) is 38.5 Å². The van der Waals surface area contributed by atoms with Crippen LogP contribution in [0.1, 0.15) is 5.56 Å². The Kier molecular flexibility index (Phi) is 4.65. The van der Waals surface area contributed by atoms with Gasteiger partial charge in [-0.25, -0.2) is 8.42 Å². The number of anilines is 1. The van der Waals surface area contributed by atoms with Crippen LogP contribution >= 0.6 is 0 Å². The highest BCUT2D eigenvalue weighted by Gasteiger charge is 2.26. The Morgan fingerprint density at radius 2 is 1.75 bits per heavy atom. The molecule has 108 valence electrons. The molecule has 0 aromatic heterocycles. The van der Waals surface area contributed by atoms with Crippen molar-refractivity contribution < 1.29 is 8.42 Å². The maximum Gasteiger partial charge on any atom is 0.218 e. The van der Waals surface area contributed by atoms with Crippen LogP contribution in [-0.4, -0.2) is 50.3 Å². The first-order chi connectivity index (χ1) is 9.51. The van der Waals surface area contributed by atoms with Crippen LogP contribution in [-0.2, 0) is 15.8 Å². The molecule has 0 aliphatic carbocycles. The minimum absolute atomic E-state index is 0.0163. The predicted molar refractivity (Wildman–Crippen MR) is 80.3 cm³/mol. The second-order valence-corrected chi connectivity index (χ2v) is 6.85. The summed E-state index contributed by atoms with van der Waals surface area (Å²) in [6.07, 6.45) is 5.26. The smallest absolute Gasteiger partial charge is 0.218 e. The van der Waals surface area contributed by atoms with E-state index in [0.717, 1.165) is 5.56 Å². The molecule has 5 nitrogen and oxygen atoms in total. The Labute approximate surface area is 120 Å². The second-order valence-electron chi connectivity index (χ2n) is 4.88. The van der Waals surface area contributed by atoms with E-state index < -0.39 is 10.0 Å². The fourth-order valence-electron chi connectivity index (χ4n) is 2.21. The van der Waals surface area contributed by atoms with E-state index in [1.54, 1.807) is 24.3 Å². The van der Waals surface area contributed by atoms with Gasteiger partial charge in [-0.15, -0.1) is 6.42 Å². The van der Waals surface area contributed by atoms with Crippen LogP contribution < -0.4 is 5.73 Å². The molecule has 1 saturated heterocycles. The van der Waals surface area contributed by atoms with Gasteiger partial charge >= 0.3 is 0 Å². The van der Waals surface area contributed by atoms with Crippen LogP contribution in [0.15, 0.2) is 24.3 Å². The molecule has 0 unspecified atom stereocenters. The molecule has 1 aliphatic rings. The summed E-state index contributed by atoms with van der Waals surface area (Å²) in [5.41, 5.74) is 6.98. The van der Waals surface area contributed by atoms with Gasteiger partial charge in [0.05, 0.1) is 12.3 Å². The van der Waals surface area contributed by atoms with Crippen LogP contribution in [0.25, 0.3) is 0 Å². The minimum Gasteiger partial charge on any atom is -0.399 e. The number of nitrogen functional groups attached to an aromatic ring is 1. The lowest BCUT2D eigenvalue weighted by Crippen LogP contribution is -2.48. The maximum absolute atomic E-state index is 12.3. The van der Waals surface area contributed by atoms with Gasteiger partial charge in [-0.2, -0.15) is 4.31 Å². The third-order valence-electron chi connectivity index (χ3n) is 3.37. The number of rotatable bonds is 4. The normalized spacial score (nSPS) is 17.8. The highest BCUT2D eigenvalue weighted by molar-refractivity contribution is 7.88. The van der Waals surface area contributed by atoms with Crippen LogP contribution in [0.5, 0.6) is 0 Å². The van der Waals surface area contributed by atoms with Crippen molar-refractivity contribution in [2.45, 2.75) is 5.75 Å². The SMILES string of the molecule is C#CCN1CCN(S(=O)(=O)Cc2ccc(N)cc2)CC1. The summed E-state index contributed by atoms with van der Waals surface area (Å²) in [6, 6.07) is 6.94. The standard InChI is InChI=1S/C14H19N3O2S/c1-2-7-16-8-10-17(11-9-16)20(18,19)12-13-3-5-14(15)6-4-13/h1,3-6H,7-12,15H2. The molecule has 2 rings (SSSR count). The van der Waals surface area contributed by atoms with E-state index in [1.165, 1.54) is 4.31 Å². The van der Waals surface area contributed by atoms with Gasteiger partial charge < -0.3 is 5.73 Å². The van der Waals surface area contributed by atoms with E-state index in [0.29, 0.717) is 38.4 Å². The Hall–Kier alpha value is -1.55. The Morgan fingerprint density at radius 1 is 1.15 bits per heavy atom. The second kappa shape index (κ2) is 6.27. The molecule has 1 aromatic carbocycles. The van der Waals surface area contributed by atoms with Gasteiger partial charge in [0, 0.05) is 31.9 Å². The number of nitrogens with two attached hydrogens (primary N) is 1. The highest BCUT2D eigenvalue weighted by Crippen LogP contribution is 2.14. The molecule has 1 fully saturated rings. The maximum atomic E-state index is 12.3. The van der Waals surface area contributed by atoms with E-state index >= 15 is 0 Å². The molecule has 1 aromatic rings. The number of sulfonamides is 1. The van der Waals surface area contributed by atoms with Crippen molar-refractivity contribution in [3.05, 3.63) is 29.8 Å². The first-order valence-corrected chi connectivity index (χ1v) is 8.10. The van der Waals surface area contributed by atoms with Gasteiger partial charge in [0.15, 0.2) is 0 Å². The van der Waals surface area contributed by atoms with Gasteiger partial charge in [0.1, 0.15) is 0 Å². The largest absolute Gasteiger partial charge is 0.399 e. The molecule has 0 saturated carbocycles. The average molecular weight is 293 g/mol. The minimum atomic E-state index is -3.27. The summed E-state index contributed by atoms with van der Waals surface area (Å²) >= 11 is 0. The van der Waals surface area contributed by atoms with Crippen molar-refractivity contribution in [1.29, 1.82) is 0 Å². The third-order valence-corrected chi connectivity index (χ3v) is 5.22. The molecular formula is C14H19N3O2S. The van der Waals surface area contributed by atoms with Gasteiger partial charge in [-0.05, 0) is 17.7 Å². The van der Waals surface area contributed by atoms with Crippen LogP contribution in [0, 0.1) is 12.3 Å². The number of hydrogen-bond acceptors (Lipinski definition) is 4. The lowest BCUT2D eigenvalue weighted by atomic mass is 10.2. The molecule has 0 radical (unpaired) electrons. The van der Waals surface area contributed by atoms with Crippen LogP contribution in [0.4, 0.5) is 5.69 Å². The Balaban J connectivity index is 1.98. The van der Waals surface area contributed by atoms with E-state index in [9.17, 15) is 8.42 Å². The molecule has 2 N–H and O–H groups in total. The fourth-order valence-corrected chi connectivity index (χ4v) is 3.73. The molecule has 0 spiro atoms. The summed E-state index contributed by atoms with van der Waals surface area (Å²) in [6.45, 7) is 2.94. The summed E-state index contributed by atoms with van der Waals surface area (Å²) in [4.78, 5) is 2.08. The molecule has 6 heteroatoms. The molecule has 0 amide bonds. The molecule has 0 atom stereocenters. The van der Waals surface area contributed by atoms with Gasteiger partial charge in [-0.1, -0.05) is 18.1 Å². The number of nitrogens with zero attached hydrogens (tertiary/aromatic N) is 2. The Morgan fingerprint density at radius 3 is 2.30 bits per heavy atom. The van der Waals surface area contributed by atoms with Gasteiger partial charge in [0.25, 0.3) is 0 Å². The van der Waals surface area contributed by atoms with E-state index in [2.05, 4.69) is 10.8 Å². The molecule has 20 heavy (non-hydrogen) atoms. The lowest BCUT2D eigenvalue weighted by Gasteiger charge is -2.32. The van der Waals surface area contributed by atoms with Gasteiger partial charge in [0.2, 0.25) is 10.0 Å². The molecule has 0 bridgehead atoms. The first-order valence-electron chi connectivity index (χ1n) is 6.49. The Bertz CT molecular complexity index is 582. The first kappa shape index (κ1) is 14.9. The summed E-state index contributed by atoms with van der Waals surface area (Å²) in [5, 5.41) is 0. The topological polar surface area (TPSA) is 66.6 Å². The fraction of sp³-hybridized carbons (Fsp3) is 0.429. The molecule has 1 aliphatic heterocycles. The van der Waals surface area contributed by atoms with Gasteiger partial charge in [-0.3, -0.25) is 4.90 Å². The highest BCUT2D eigenvalue weighted by atomic mass is 32.2. The molecule has 1 heterocycles. The zero-order valence-electron chi connectivity index (χ0n) is 11.3. The van der Waals surface area contributed by atoms with E-state index in [4.69, 9.17) is 12.2 Å². The number of piperazine rings is 1. The van der Waals surface area contributed by atoms with Crippen LogP contribution in [0.3, 0.4) is 0 Å². The van der Waals surface area contributed by atoms with Crippen LogP contribution in [0.2, 0.25) is 0 Å². The monoisotopic (exact) mass is 293 g/mol. The number of terminal acetylenes is 1. The van der Waals surface area contributed by atoms with Crippen molar-refractivity contribution in [2.24, 2.45) is 0 Å². The zero-order valence-corrected chi connectivity index (χ0v) is 12.1. The third kappa shape index (κ3) is 3.73. The average Bonchev–Trinajstić information content (AvgIpc) is 2.42. The van der Waals surface area contributed by atoms with Crippen molar-refractivity contribution in [1.82, 2.24) is 9.21 Å². The zero-order chi connectivity index (χ0) is 14.6. The summed E-state index contributed by atoms with van der Waals surface area (Å²) in [5.74, 6) is 2.60. The van der Waals surface area contributed by atoms with Crippen molar-refractivity contribution in [3.63, 3.8) is 0 Å². The molecular weight excluding hydrogens is 274 g/mol. The number of hydrogen-bond donors (Lipinski definition) is 1. The van der Waals surface area contributed by atoms with E-state index in [1.807, 2.05) is 0 Å². The number of benzene rings is 1. The van der Waals surface area contributed by atoms with E-state index in [-0.39, 0.29) is 5.75 Å². The summed E-state index contributed by atoms with van der Waals surface area (Å²) in [7, 11) is -3.27. The lowest BCUT2D eigenvalue weighted by molar-refractivity contribution is 0.207. The predicted octanol–water partition coefficient (Wildman–Crippen LogP) is 0.349. The summed E-state index contributed by atoms with van der Waals surface area (Å²) < 4.78 is 26.2. The quantitative estimate of drug-likeness (QED) is 0.642.